The molecule has 0 saturated heterocycles. The Bertz CT molecular complexity index is 1190. The van der Waals surface area contributed by atoms with Crippen LogP contribution in [0.25, 0.3) is 21.3 Å². The molecule has 32 heavy (non-hydrogen) atoms. The average Bonchev–Trinajstić information content (AvgIpc) is 3.02. The number of hydrogen-bond donors (Lipinski definition) is 2. The van der Waals surface area contributed by atoms with E-state index in [2.05, 4.69) is 15.6 Å². The molecule has 2 amide bonds. The predicted octanol–water partition coefficient (Wildman–Crippen LogP) is 7.15. The van der Waals surface area contributed by atoms with Crippen molar-refractivity contribution in [1.29, 1.82) is 0 Å². The molecule has 3 aromatic rings. The van der Waals surface area contributed by atoms with Crippen LogP contribution in [0, 0.1) is 0 Å². The minimum Gasteiger partial charge on any atom is -0.444 e. The van der Waals surface area contributed by atoms with Crippen LogP contribution in [0.2, 0.25) is 10.0 Å². The maximum atomic E-state index is 13.1. The first-order valence-electron chi connectivity index (χ1n) is 9.95. The van der Waals surface area contributed by atoms with Crippen LogP contribution in [0.4, 0.5) is 9.93 Å². The van der Waals surface area contributed by atoms with Crippen molar-refractivity contribution in [2.75, 3.05) is 5.32 Å². The third-order valence-electron chi connectivity index (χ3n) is 4.13. The lowest BCUT2D eigenvalue weighted by molar-refractivity contribution is 0.0635. The molecule has 0 spiro atoms. The number of benzene rings is 2. The zero-order valence-corrected chi connectivity index (χ0v) is 21.1. The summed E-state index contributed by atoms with van der Waals surface area (Å²) in [6, 6.07) is 9.01. The Balaban J connectivity index is 2.09. The standard InChI is InChI=1S/C23H25Cl2N3O3S/c1-22(2,3)28-19(29)16-12(10-11-14(24)17(16)25)13-8-7-9-15-18(13)26-20(32-15)27-21(30)31-23(4,5)6/h7-11H,1-6H3,(H,28,29)(H,26,27,30). The van der Waals surface area contributed by atoms with Gasteiger partial charge in [0.1, 0.15) is 5.60 Å². The van der Waals surface area contributed by atoms with Crippen molar-refractivity contribution in [2.24, 2.45) is 0 Å². The normalized spacial score (nSPS) is 12.0. The molecule has 0 unspecified atom stereocenters. The van der Waals surface area contributed by atoms with E-state index in [1.54, 1.807) is 32.9 Å². The van der Waals surface area contributed by atoms with Gasteiger partial charge in [-0.25, -0.2) is 9.78 Å². The molecule has 9 heteroatoms. The molecule has 170 valence electrons. The number of ether oxygens (including phenoxy) is 1. The second-order valence-corrected chi connectivity index (χ2v) is 11.1. The molecule has 0 radical (unpaired) electrons. The Morgan fingerprint density at radius 1 is 1.00 bits per heavy atom. The van der Waals surface area contributed by atoms with E-state index >= 15 is 0 Å². The van der Waals surface area contributed by atoms with Gasteiger partial charge in [-0.15, -0.1) is 0 Å². The first kappa shape index (κ1) is 24.3. The quantitative estimate of drug-likeness (QED) is 0.405. The number of halogens is 2. The van der Waals surface area contributed by atoms with Gasteiger partial charge in [0.25, 0.3) is 5.91 Å². The highest BCUT2D eigenvalue weighted by atomic mass is 35.5. The fourth-order valence-electron chi connectivity index (χ4n) is 3.01. The Hall–Kier alpha value is -2.35. The van der Waals surface area contributed by atoms with E-state index in [1.165, 1.54) is 11.3 Å². The van der Waals surface area contributed by atoms with Gasteiger partial charge < -0.3 is 10.1 Å². The molecule has 1 aromatic heterocycles. The van der Waals surface area contributed by atoms with E-state index in [-0.39, 0.29) is 21.5 Å². The molecule has 2 N–H and O–H groups in total. The number of amides is 2. The summed E-state index contributed by atoms with van der Waals surface area (Å²) in [4.78, 5) is 29.9. The lowest BCUT2D eigenvalue weighted by Crippen LogP contribution is -2.40. The average molecular weight is 494 g/mol. The van der Waals surface area contributed by atoms with E-state index in [1.807, 2.05) is 39.0 Å². The summed E-state index contributed by atoms with van der Waals surface area (Å²) in [6.07, 6.45) is -0.585. The van der Waals surface area contributed by atoms with E-state index in [4.69, 9.17) is 27.9 Å². The Labute approximate surface area is 201 Å². The van der Waals surface area contributed by atoms with Gasteiger partial charge in [-0.2, -0.15) is 0 Å². The van der Waals surface area contributed by atoms with Crippen LogP contribution in [-0.2, 0) is 4.74 Å². The highest BCUT2D eigenvalue weighted by Gasteiger charge is 2.25. The van der Waals surface area contributed by atoms with Crippen LogP contribution in [-0.4, -0.2) is 28.1 Å². The number of hydrogen-bond acceptors (Lipinski definition) is 5. The number of aromatic nitrogens is 1. The number of para-hydroxylation sites is 1. The lowest BCUT2D eigenvalue weighted by atomic mass is 9.97. The zero-order chi connectivity index (χ0) is 23.8. The van der Waals surface area contributed by atoms with Crippen LogP contribution in [0.5, 0.6) is 0 Å². The molecule has 1 heterocycles. The highest BCUT2D eigenvalue weighted by molar-refractivity contribution is 7.22. The topological polar surface area (TPSA) is 80.3 Å². The molecule has 0 aliphatic rings. The second kappa shape index (κ2) is 8.89. The van der Waals surface area contributed by atoms with Crippen molar-refractivity contribution in [3.63, 3.8) is 0 Å². The number of thiazole rings is 1. The first-order valence-corrected chi connectivity index (χ1v) is 11.5. The summed E-state index contributed by atoms with van der Waals surface area (Å²) in [5, 5.41) is 6.46. The first-order chi connectivity index (χ1) is 14.7. The fourth-order valence-corrected chi connectivity index (χ4v) is 4.30. The van der Waals surface area contributed by atoms with Crippen LogP contribution in [0.3, 0.4) is 0 Å². The van der Waals surface area contributed by atoms with Gasteiger partial charge in [0.2, 0.25) is 0 Å². The van der Waals surface area contributed by atoms with Gasteiger partial charge in [-0.05, 0) is 59.2 Å². The number of nitrogens with one attached hydrogen (secondary N) is 2. The van der Waals surface area contributed by atoms with Gasteiger partial charge in [-0.3, -0.25) is 10.1 Å². The van der Waals surface area contributed by atoms with Gasteiger partial charge in [0.15, 0.2) is 5.13 Å². The van der Waals surface area contributed by atoms with Crippen LogP contribution in [0.15, 0.2) is 30.3 Å². The van der Waals surface area contributed by atoms with E-state index < -0.39 is 17.2 Å². The number of rotatable bonds is 3. The molecule has 0 fully saturated rings. The van der Waals surface area contributed by atoms with Crippen LogP contribution in [0.1, 0.15) is 51.9 Å². The largest absolute Gasteiger partial charge is 0.444 e. The monoisotopic (exact) mass is 493 g/mol. The maximum absolute atomic E-state index is 13.1. The molecule has 0 bridgehead atoms. The zero-order valence-electron chi connectivity index (χ0n) is 18.7. The van der Waals surface area contributed by atoms with Crippen molar-refractivity contribution in [2.45, 2.75) is 52.7 Å². The number of anilines is 1. The molecule has 0 aliphatic heterocycles. The van der Waals surface area contributed by atoms with Crippen LogP contribution >= 0.6 is 34.5 Å². The highest BCUT2D eigenvalue weighted by Crippen LogP contribution is 2.39. The molecule has 2 aromatic carbocycles. The van der Waals surface area contributed by atoms with E-state index in [0.717, 1.165) is 4.70 Å². The molecular formula is C23H25Cl2N3O3S. The summed E-state index contributed by atoms with van der Waals surface area (Å²) in [7, 11) is 0. The number of carbonyl (C=O) groups excluding carboxylic acids is 2. The summed E-state index contributed by atoms with van der Waals surface area (Å²) in [5.41, 5.74) is 1.12. The number of fused-ring (bicyclic) bond motifs is 1. The minimum absolute atomic E-state index is 0.172. The van der Waals surface area contributed by atoms with Crippen molar-refractivity contribution >= 4 is 61.9 Å². The Morgan fingerprint density at radius 3 is 2.31 bits per heavy atom. The summed E-state index contributed by atoms with van der Waals surface area (Å²) in [5.74, 6) is -0.334. The van der Waals surface area contributed by atoms with Crippen molar-refractivity contribution in [1.82, 2.24) is 10.3 Å². The molecule has 0 saturated carbocycles. The SMILES string of the molecule is CC(C)(C)NC(=O)c1c(-c2cccc3sc(NC(=O)OC(C)(C)C)nc23)ccc(Cl)c1Cl. The molecular weight excluding hydrogens is 469 g/mol. The number of nitrogens with zero attached hydrogens (tertiary/aromatic N) is 1. The van der Waals surface area contributed by atoms with Gasteiger partial charge in [0.05, 0.1) is 25.8 Å². The lowest BCUT2D eigenvalue weighted by Gasteiger charge is -2.22. The summed E-state index contributed by atoms with van der Waals surface area (Å²) in [6.45, 7) is 11.0. The van der Waals surface area contributed by atoms with Crippen molar-refractivity contribution < 1.29 is 14.3 Å². The maximum Gasteiger partial charge on any atom is 0.413 e. The molecule has 0 atom stereocenters. The number of carbonyl (C=O) groups is 2. The minimum atomic E-state index is -0.624. The molecule has 3 rings (SSSR count). The van der Waals surface area contributed by atoms with Gasteiger partial charge in [-0.1, -0.05) is 52.7 Å². The van der Waals surface area contributed by atoms with E-state index in [9.17, 15) is 9.59 Å². The van der Waals surface area contributed by atoms with Crippen molar-refractivity contribution in [3.05, 3.63) is 45.9 Å². The third kappa shape index (κ3) is 5.71. The Morgan fingerprint density at radius 2 is 1.69 bits per heavy atom. The van der Waals surface area contributed by atoms with Crippen LogP contribution < -0.4 is 10.6 Å². The van der Waals surface area contributed by atoms with Gasteiger partial charge >= 0.3 is 6.09 Å². The smallest absolute Gasteiger partial charge is 0.413 e. The Kier molecular flexibility index (Phi) is 6.75. The molecule has 0 aliphatic carbocycles. The summed E-state index contributed by atoms with van der Waals surface area (Å²) >= 11 is 14.0. The predicted molar refractivity (Wildman–Crippen MR) is 132 cm³/mol. The van der Waals surface area contributed by atoms with Crippen molar-refractivity contribution in [3.8, 4) is 11.1 Å². The van der Waals surface area contributed by atoms with E-state index in [0.29, 0.717) is 21.8 Å². The third-order valence-corrected chi connectivity index (χ3v) is 5.87. The summed E-state index contributed by atoms with van der Waals surface area (Å²) < 4.78 is 6.14. The molecule has 6 nitrogen and oxygen atoms in total. The fraction of sp³-hybridized carbons (Fsp3) is 0.348. The van der Waals surface area contributed by atoms with Gasteiger partial charge in [0, 0.05) is 11.1 Å². The second-order valence-electron chi connectivity index (χ2n) is 9.29.